The number of hydrogen-bond acceptors (Lipinski definition) is 3. The standard InChI is InChI=1S/C18H19FN2O3/c1-11(17(23)13-6-8-15(19)9-7-13)20-18(24)21-16-5-3-4-14(10-16)12(2)22/h3-11,17,23H,1-2H3,(H2,20,21,24)/t11-,17+/m1/s1. The molecule has 2 atom stereocenters. The summed E-state index contributed by atoms with van der Waals surface area (Å²) in [6, 6.07) is 10.9. The molecule has 126 valence electrons. The van der Waals surface area contributed by atoms with Gasteiger partial charge in [0.15, 0.2) is 5.78 Å². The normalized spacial score (nSPS) is 13.0. The second-order valence-electron chi connectivity index (χ2n) is 5.52. The number of rotatable bonds is 5. The molecule has 5 nitrogen and oxygen atoms in total. The maximum absolute atomic E-state index is 12.9. The van der Waals surface area contributed by atoms with E-state index in [0.29, 0.717) is 16.8 Å². The molecule has 2 aromatic carbocycles. The maximum atomic E-state index is 12.9. The average molecular weight is 330 g/mol. The predicted octanol–water partition coefficient (Wildman–Crippen LogP) is 3.27. The average Bonchev–Trinajstić information content (AvgIpc) is 2.55. The van der Waals surface area contributed by atoms with Gasteiger partial charge in [-0.1, -0.05) is 24.3 Å². The van der Waals surface area contributed by atoms with Gasteiger partial charge >= 0.3 is 6.03 Å². The summed E-state index contributed by atoms with van der Waals surface area (Å²) in [5, 5.41) is 15.4. The second kappa shape index (κ2) is 7.70. The molecule has 2 amide bonds. The van der Waals surface area contributed by atoms with Gasteiger partial charge in [0.2, 0.25) is 0 Å². The van der Waals surface area contributed by atoms with E-state index >= 15 is 0 Å². The fourth-order valence-corrected chi connectivity index (χ4v) is 2.22. The molecule has 0 radical (unpaired) electrons. The van der Waals surface area contributed by atoms with Crippen LogP contribution in [-0.2, 0) is 0 Å². The van der Waals surface area contributed by atoms with Gasteiger partial charge in [-0.3, -0.25) is 4.79 Å². The molecule has 0 unspecified atom stereocenters. The molecular formula is C18H19FN2O3. The molecule has 0 spiro atoms. The lowest BCUT2D eigenvalue weighted by Crippen LogP contribution is -2.39. The summed E-state index contributed by atoms with van der Waals surface area (Å²) in [5.74, 6) is -0.492. The highest BCUT2D eigenvalue weighted by atomic mass is 19.1. The number of Topliss-reactive ketones (excluding diaryl/α,β-unsaturated/α-hetero) is 1. The smallest absolute Gasteiger partial charge is 0.319 e. The molecule has 0 heterocycles. The molecule has 0 aliphatic heterocycles. The van der Waals surface area contributed by atoms with Crippen molar-refractivity contribution in [3.63, 3.8) is 0 Å². The molecule has 3 N–H and O–H groups in total. The largest absolute Gasteiger partial charge is 0.386 e. The Bertz CT molecular complexity index is 731. The van der Waals surface area contributed by atoms with E-state index in [-0.39, 0.29) is 5.78 Å². The quantitative estimate of drug-likeness (QED) is 0.736. The van der Waals surface area contributed by atoms with Gasteiger partial charge in [0, 0.05) is 11.3 Å². The lowest BCUT2D eigenvalue weighted by molar-refractivity contribution is 0.101. The van der Waals surface area contributed by atoms with E-state index in [1.54, 1.807) is 31.2 Å². The van der Waals surface area contributed by atoms with Crippen LogP contribution in [0.5, 0.6) is 0 Å². The molecule has 2 rings (SSSR count). The summed E-state index contributed by atoms with van der Waals surface area (Å²) in [7, 11) is 0. The number of carbonyl (C=O) groups excluding carboxylic acids is 2. The van der Waals surface area contributed by atoms with Crippen LogP contribution in [0.4, 0.5) is 14.9 Å². The number of urea groups is 1. The second-order valence-corrected chi connectivity index (χ2v) is 5.52. The van der Waals surface area contributed by atoms with Gasteiger partial charge in [-0.05, 0) is 43.7 Å². The van der Waals surface area contributed by atoms with Gasteiger partial charge in [-0.15, -0.1) is 0 Å². The molecule has 6 heteroatoms. The minimum Gasteiger partial charge on any atom is -0.386 e. The van der Waals surface area contributed by atoms with E-state index in [2.05, 4.69) is 10.6 Å². The van der Waals surface area contributed by atoms with E-state index in [1.165, 1.54) is 31.2 Å². The molecule has 0 saturated heterocycles. The van der Waals surface area contributed by atoms with Crippen molar-refractivity contribution in [1.82, 2.24) is 5.32 Å². The predicted molar refractivity (Wildman–Crippen MR) is 89.4 cm³/mol. The number of carbonyl (C=O) groups is 2. The number of anilines is 1. The zero-order chi connectivity index (χ0) is 17.7. The van der Waals surface area contributed by atoms with E-state index in [1.807, 2.05) is 0 Å². The van der Waals surface area contributed by atoms with Crippen LogP contribution in [0, 0.1) is 5.82 Å². The fourth-order valence-electron chi connectivity index (χ4n) is 2.22. The first-order valence-corrected chi connectivity index (χ1v) is 7.49. The third-order valence-electron chi connectivity index (χ3n) is 3.57. The Balaban J connectivity index is 1.97. The van der Waals surface area contributed by atoms with Crippen molar-refractivity contribution in [2.45, 2.75) is 26.0 Å². The van der Waals surface area contributed by atoms with Crippen LogP contribution in [0.2, 0.25) is 0 Å². The third-order valence-corrected chi connectivity index (χ3v) is 3.57. The zero-order valence-corrected chi connectivity index (χ0v) is 13.4. The van der Waals surface area contributed by atoms with Gasteiger partial charge in [0.1, 0.15) is 5.82 Å². The Kier molecular flexibility index (Phi) is 5.65. The number of ketones is 1. The number of halogens is 1. The summed E-state index contributed by atoms with van der Waals surface area (Å²) >= 11 is 0. The number of amides is 2. The Hall–Kier alpha value is -2.73. The Morgan fingerprint density at radius 1 is 1.12 bits per heavy atom. The number of benzene rings is 2. The van der Waals surface area contributed by atoms with Gasteiger partial charge < -0.3 is 15.7 Å². The van der Waals surface area contributed by atoms with Crippen molar-refractivity contribution < 1.29 is 19.1 Å². The first-order valence-electron chi connectivity index (χ1n) is 7.49. The SMILES string of the molecule is CC(=O)c1cccc(NC(=O)N[C@H](C)[C@H](O)c2ccc(F)cc2)c1. The third kappa shape index (κ3) is 4.63. The van der Waals surface area contributed by atoms with E-state index in [0.717, 1.165) is 0 Å². The molecule has 0 fully saturated rings. The van der Waals surface area contributed by atoms with E-state index in [4.69, 9.17) is 0 Å². The summed E-state index contributed by atoms with van der Waals surface area (Å²) in [6.07, 6.45) is -0.972. The molecule has 0 aliphatic rings. The van der Waals surface area contributed by atoms with Crippen molar-refractivity contribution in [2.75, 3.05) is 5.32 Å². The molecule has 0 aromatic heterocycles. The molecule has 0 bridgehead atoms. The van der Waals surface area contributed by atoms with E-state index < -0.39 is 24.0 Å². The van der Waals surface area contributed by atoms with E-state index in [9.17, 15) is 19.1 Å². The minimum absolute atomic E-state index is 0.0980. The van der Waals surface area contributed by atoms with Crippen LogP contribution in [0.3, 0.4) is 0 Å². The highest BCUT2D eigenvalue weighted by molar-refractivity contribution is 5.96. The van der Waals surface area contributed by atoms with Crippen LogP contribution in [0.15, 0.2) is 48.5 Å². The van der Waals surface area contributed by atoms with Gasteiger partial charge in [0.25, 0.3) is 0 Å². The van der Waals surface area contributed by atoms with Crippen molar-refractivity contribution in [2.24, 2.45) is 0 Å². The highest BCUT2D eigenvalue weighted by Gasteiger charge is 2.18. The number of nitrogens with one attached hydrogen (secondary N) is 2. The Labute approximate surface area is 139 Å². The summed E-state index contributed by atoms with van der Waals surface area (Å²) in [6.45, 7) is 3.08. The van der Waals surface area contributed by atoms with Gasteiger partial charge in [0.05, 0.1) is 12.1 Å². The Morgan fingerprint density at radius 2 is 1.79 bits per heavy atom. The van der Waals surface area contributed by atoms with Crippen LogP contribution in [-0.4, -0.2) is 23.0 Å². The van der Waals surface area contributed by atoms with Crippen LogP contribution >= 0.6 is 0 Å². The number of aliphatic hydroxyl groups excluding tert-OH is 1. The minimum atomic E-state index is -0.972. The molecule has 2 aromatic rings. The Morgan fingerprint density at radius 3 is 2.42 bits per heavy atom. The van der Waals surface area contributed by atoms with Crippen molar-refractivity contribution in [3.05, 3.63) is 65.5 Å². The van der Waals surface area contributed by atoms with Crippen molar-refractivity contribution in [1.29, 1.82) is 0 Å². The van der Waals surface area contributed by atoms with Crippen LogP contribution in [0.25, 0.3) is 0 Å². The summed E-state index contributed by atoms with van der Waals surface area (Å²) < 4.78 is 12.9. The van der Waals surface area contributed by atoms with Gasteiger partial charge in [-0.2, -0.15) is 0 Å². The molecule has 0 saturated carbocycles. The topological polar surface area (TPSA) is 78.4 Å². The van der Waals surface area contributed by atoms with Crippen molar-refractivity contribution >= 4 is 17.5 Å². The fraction of sp³-hybridized carbons (Fsp3) is 0.222. The van der Waals surface area contributed by atoms with Crippen LogP contribution in [0.1, 0.15) is 35.9 Å². The highest BCUT2D eigenvalue weighted by Crippen LogP contribution is 2.17. The molecule has 0 aliphatic carbocycles. The maximum Gasteiger partial charge on any atom is 0.319 e. The lowest BCUT2D eigenvalue weighted by atomic mass is 10.0. The molecular weight excluding hydrogens is 311 g/mol. The van der Waals surface area contributed by atoms with Crippen LogP contribution < -0.4 is 10.6 Å². The lowest BCUT2D eigenvalue weighted by Gasteiger charge is -2.21. The van der Waals surface area contributed by atoms with Gasteiger partial charge in [-0.25, -0.2) is 9.18 Å². The number of aliphatic hydroxyl groups is 1. The monoisotopic (exact) mass is 330 g/mol. The first kappa shape index (κ1) is 17.6. The summed E-state index contributed by atoms with van der Waals surface area (Å²) in [5.41, 5.74) is 1.47. The molecule has 24 heavy (non-hydrogen) atoms. The first-order chi connectivity index (χ1) is 11.4. The zero-order valence-electron chi connectivity index (χ0n) is 13.4. The summed E-state index contributed by atoms with van der Waals surface area (Å²) in [4.78, 5) is 23.4. The van der Waals surface area contributed by atoms with Crippen molar-refractivity contribution in [3.8, 4) is 0 Å². The number of hydrogen-bond donors (Lipinski definition) is 3.